The molecule has 3 aromatic heterocycles. The van der Waals surface area contributed by atoms with Crippen molar-refractivity contribution in [2.24, 2.45) is 7.05 Å². The minimum Gasteiger partial charge on any atom is -0.387 e. The molecule has 0 aliphatic rings. The normalized spacial score (nSPS) is 13.3. The molecular weight excluding hydrogens is 344 g/mol. The molecule has 1 N–H and O–H groups in total. The molecule has 0 bridgehead atoms. The van der Waals surface area contributed by atoms with Crippen LogP contribution in [0.2, 0.25) is 0 Å². The van der Waals surface area contributed by atoms with Crippen LogP contribution in [0.15, 0.2) is 22.0 Å². The van der Waals surface area contributed by atoms with Gasteiger partial charge in [-0.15, -0.1) is 22.7 Å². The fraction of sp³-hybridized carbons (Fsp3) is 0.308. The van der Waals surface area contributed by atoms with Gasteiger partial charge in [-0.25, -0.2) is 0 Å². The first-order valence-electron chi connectivity index (χ1n) is 5.89. The van der Waals surface area contributed by atoms with Gasteiger partial charge in [-0.2, -0.15) is 5.10 Å². The fourth-order valence-corrected chi connectivity index (χ4v) is 4.74. The topological polar surface area (TPSA) is 38.0 Å². The Bertz CT molecular complexity index is 700. The minimum absolute atomic E-state index is 0.476. The van der Waals surface area contributed by atoms with E-state index in [4.69, 9.17) is 0 Å². The molecule has 3 nitrogen and oxygen atoms in total. The van der Waals surface area contributed by atoms with Crippen LogP contribution < -0.4 is 0 Å². The lowest BCUT2D eigenvalue weighted by Crippen LogP contribution is -2.05. The van der Waals surface area contributed by atoms with Crippen molar-refractivity contribution in [2.45, 2.75) is 19.4 Å². The average Bonchev–Trinajstić information content (AvgIpc) is 2.99. The van der Waals surface area contributed by atoms with Crippen molar-refractivity contribution >= 4 is 48.0 Å². The summed E-state index contributed by atoms with van der Waals surface area (Å²) in [7, 11) is 1.91. The maximum absolute atomic E-state index is 10.4. The number of aliphatic hydroxyl groups is 1. The van der Waals surface area contributed by atoms with E-state index in [0.29, 0.717) is 6.42 Å². The first kappa shape index (κ1) is 13.3. The van der Waals surface area contributed by atoms with Gasteiger partial charge in [0.2, 0.25) is 0 Å². The summed E-state index contributed by atoms with van der Waals surface area (Å²) in [4.78, 5) is 1.02. The van der Waals surface area contributed by atoms with Crippen LogP contribution >= 0.6 is 38.6 Å². The van der Waals surface area contributed by atoms with Crippen molar-refractivity contribution in [1.29, 1.82) is 0 Å². The zero-order valence-corrected chi connectivity index (χ0v) is 13.8. The number of thiophene rings is 2. The molecule has 1 unspecified atom stereocenters. The largest absolute Gasteiger partial charge is 0.387 e. The van der Waals surface area contributed by atoms with Gasteiger partial charge in [-0.3, -0.25) is 4.68 Å². The second kappa shape index (κ2) is 5.01. The first-order chi connectivity index (χ1) is 9.06. The van der Waals surface area contributed by atoms with Crippen molar-refractivity contribution in [3.8, 4) is 0 Å². The van der Waals surface area contributed by atoms with E-state index in [9.17, 15) is 5.11 Å². The van der Waals surface area contributed by atoms with Gasteiger partial charge in [0.15, 0.2) is 0 Å². The molecule has 0 radical (unpaired) electrons. The molecule has 0 saturated heterocycles. The lowest BCUT2D eigenvalue weighted by molar-refractivity contribution is 0.179. The van der Waals surface area contributed by atoms with Crippen molar-refractivity contribution in [3.63, 3.8) is 0 Å². The third-order valence-electron chi connectivity index (χ3n) is 3.14. The van der Waals surface area contributed by atoms with Gasteiger partial charge in [0, 0.05) is 27.7 Å². The van der Waals surface area contributed by atoms with Gasteiger partial charge in [-0.1, -0.05) is 0 Å². The van der Waals surface area contributed by atoms with E-state index in [0.717, 1.165) is 20.7 Å². The molecule has 3 aromatic rings. The molecule has 0 saturated carbocycles. The molecule has 3 heterocycles. The van der Waals surface area contributed by atoms with E-state index >= 15 is 0 Å². The predicted molar refractivity (Wildman–Crippen MR) is 84.0 cm³/mol. The highest BCUT2D eigenvalue weighted by Crippen LogP contribution is 2.35. The molecule has 0 amide bonds. The summed E-state index contributed by atoms with van der Waals surface area (Å²) in [5, 5.41) is 16.8. The van der Waals surface area contributed by atoms with E-state index in [2.05, 4.69) is 38.5 Å². The number of hydrogen-bond donors (Lipinski definition) is 1. The number of hydrogen-bond acceptors (Lipinski definition) is 4. The van der Waals surface area contributed by atoms with E-state index < -0.39 is 6.10 Å². The maximum Gasteiger partial charge on any atom is 0.0938 e. The average molecular weight is 357 g/mol. The van der Waals surface area contributed by atoms with Crippen LogP contribution in [0.5, 0.6) is 0 Å². The quantitative estimate of drug-likeness (QED) is 0.768. The number of aliphatic hydroxyl groups excluding tert-OH is 1. The van der Waals surface area contributed by atoms with Gasteiger partial charge < -0.3 is 5.11 Å². The third-order valence-corrected chi connectivity index (χ3v) is 6.36. The summed E-state index contributed by atoms with van der Waals surface area (Å²) in [6.45, 7) is 1.96. The summed E-state index contributed by atoms with van der Waals surface area (Å²) in [5.74, 6) is 0. The van der Waals surface area contributed by atoms with E-state index in [1.807, 2.05) is 18.7 Å². The van der Waals surface area contributed by atoms with Crippen LogP contribution in [-0.2, 0) is 13.5 Å². The smallest absolute Gasteiger partial charge is 0.0938 e. The van der Waals surface area contributed by atoms with Crippen molar-refractivity contribution < 1.29 is 5.11 Å². The molecule has 0 aliphatic carbocycles. The Balaban J connectivity index is 1.88. The Morgan fingerprint density at radius 2 is 2.26 bits per heavy atom. The van der Waals surface area contributed by atoms with Crippen LogP contribution in [0, 0.1) is 6.92 Å². The Labute approximate surface area is 127 Å². The minimum atomic E-state index is -0.476. The molecule has 3 rings (SSSR count). The lowest BCUT2D eigenvalue weighted by Gasteiger charge is -2.09. The zero-order valence-electron chi connectivity index (χ0n) is 10.6. The maximum atomic E-state index is 10.4. The number of aromatic nitrogens is 2. The number of nitrogens with zero attached hydrogens (tertiary/aromatic N) is 2. The van der Waals surface area contributed by atoms with Crippen molar-refractivity contribution in [1.82, 2.24) is 9.78 Å². The molecule has 1 atom stereocenters. The Morgan fingerprint density at radius 3 is 2.89 bits per heavy atom. The van der Waals surface area contributed by atoms with Crippen LogP contribution in [0.25, 0.3) is 9.40 Å². The van der Waals surface area contributed by atoms with Crippen LogP contribution in [0.3, 0.4) is 0 Å². The fourth-order valence-electron chi connectivity index (χ4n) is 2.13. The van der Waals surface area contributed by atoms with E-state index in [1.54, 1.807) is 22.7 Å². The second-order valence-corrected chi connectivity index (χ2v) is 7.34. The second-order valence-electron chi connectivity index (χ2n) is 4.49. The van der Waals surface area contributed by atoms with Gasteiger partial charge in [-0.05, 0) is 40.4 Å². The van der Waals surface area contributed by atoms with E-state index in [-0.39, 0.29) is 0 Å². The summed E-state index contributed by atoms with van der Waals surface area (Å²) in [5.41, 5.74) is 1.98. The number of fused-ring (bicyclic) bond motifs is 1. The number of rotatable bonds is 3. The van der Waals surface area contributed by atoms with Gasteiger partial charge in [0.25, 0.3) is 0 Å². The number of aryl methyl sites for hydroxylation is 2. The highest BCUT2D eigenvalue weighted by molar-refractivity contribution is 9.10. The van der Waals surface area contributed by atoms with Gasteiger partial charge in [0.1, 0.15) is 0 Å². The molecule has 6 heteroatoms. The van der Waals surface area contributed by atoms with Crippen LogP contribution in [0.4, 0.5) is 0 Å². The molecule has 19 heavy (non-hydrogen) atoms. The standard InChI is InChI=1S/C13H13BrN2OS2/c1-7-13(14)8(16(2)15-7)5-9(17)11-6-12-10(19-11)3-4-18-12/h3-4,6,9,17H,5H2,1-2H3. The van der Waals surface area contributed by atoms with Gasteiger partial charge >= 0.3 is 0 Å². The summed E-state index contributed by atoms with van der Waals surface area (Å²) in [6, 6.07) is 4.19. The van der Waals surface area contributed by atoms with Crippen molar-refractivity contribution in [3.05, 3.63) is 38.3 Å². The predicted octanol–water partition coefficient (Wildman–Crippen LogP) is 4.04. The van der Waals surface area contributed by atoms with Crippen LogP contribution in [-0.4, -0.2) is 14.9 Å². The lowest BCUT2D eigenvalue weighted by atomic mass is 10.1. The SMILES string of the molecule is Cc1nn(C)c(CC(O)c2cc3sccc3s2)c1Br. The van der Waals surface area contributed by atoms with Gasteiger partial charge in [0.05, 0.1) is 22.0 Å². The summed E-state index contributed by atoms with van der Waals surface area (Å²) < 4.78 is 5.32. The summed E-state index contributed by atoms with van der Waals surface area (Å²) in [6.07, 6.45) is 0.0989. The molecular formula is C13H13BrN2OS2. The van der Waals surface area contributed by atoms with E-state index in [1.165, 1.54) is 9.40 Å². The van der Waals surface area contributed by atoms with Crippen LogP contribution in [0.1, 0.15) is 22.4 Å². The molecule has 0 spiro atoms. The monoisotopic (exact) mass is 356 g/mol. The highest BCUT2D eigenvalue weighted by Gasteiger charge is 2.18. The van der Waals surface area contributed by atoms with Crippen molar-refractivity contribution in [2.75, 3.05) is 0 Å². The molecule has 100 valence electrons. The Morgan fingerprint density at radius 1 is 1.47 bits per heavy atom. The Kier molecular flexibility index (Phi) is 3.51. The third kappa shape index (κ3) is 2.38. The Hall–Kier alpha value is -0.690. The summed E-state index contributed by atoms with van der Waals surface area (Å²) >= 11 is 6.92. The first-order valence-corrected chi connectivity index (χ1v) is 8.38. The molecule has 0 aliphatic heterocycles. The highest BCUT2D eigenvalue weighted by atomic mass is 79.9. The molecule has 0 aromatic carbocycles. The number of halogens is 1. The molecule has 0 fully saturated rings. The zero-order chi connectivity index (χ0) is 13.6.